The van der Waals surface area contributed by atoms with Crippen LogP contribution in [0.15, 0.2) is 36.4 Å². The van der Waals surface area contributed by atoms with Gasteiger partial charge in [0.15, 0.2) is 5.11 Å². The summed E-state index contributed by atoms with van der Waals surface area (Å²) in [6.07, 6.45) is 3.08. The molecular formula is C12H14N2OS. The summed E-state index contributed by atoms with van der Waals surface area (Å²) >= 11 is 4.99. The lowest BCUT2D eigenvalue weighted by atomic mass is 10.2. The summed E-state index contributed by atoms with van der Waals surface area (Å²) in [5, 5.41) is 5.78. The van der Waals surface area contributed by atoms with Crippen molar-refractivity contribution < 1.29 is 4.79 Å². The minimum Gasteiger partial charge on any atom is -0.332 e. The van der Waals surface area contributed by atoms with E-state index in [-0.39, 0.29) is 5.91 Å². The number of allylic oxidation sites excluding steroid dienone is 1. The van der Waals surface area contributed by atoms with Crippen LogP contribution in [0.25, 0.3) is 0 Å². The third-order valence-corrected chi connectivity index (χ3v) is 2.03. The molecule has 0 saturated heterocycles. The Bertz CT molecular complexity index is 427. The number of thiocarbonyl (C=S) groups is 1. The molecule has 0 unspecified atom stereocenters. The molecule has 0 fully saturated rings. The maximum atomic E-state index is 11.2. The molecule has 0 bridgehead atoms. The summed E-state index contributed by atoms with van der Waals surface area (Å²) < 4.78 is 0. The van der Waals surface area contributed by atoms with Crippen LogP contribution < -0.4 is 10.6 Å². The lowest BCUT2D eigenvalue weighted by Gasteiger charge is -2.08. The summed E-state index contributed by atoms with van der Waals surface area (Å²) in [4.78, 5) is 11.2. The number of aryl methyl sites for hydroxylation is 1. The van der Waals surface area contributed by atoms with Crippen LogP contribution in [0.1, 0.15) is 12.5 Å². The van der Waals surface area contributed by atoms with E-state index in [1.807, 2.05) is 31.2 Å². The van der Waals surface area contributed by atoms with Gasteiger partial charge in [-0.3, -0.25) is 10.1 Å². The SMILES string of the molecule is C/C=C/C(=O)NC(=S)Nc1cccc(C)c1. The average Bonchev–Trinajstić information content (AvgIpc) is 2.17. The van der Waals surface area contributed by atoms with Crippen LogP contribution in [0.3, 0.4) is 0 Å². The molecule has 1 rings (SSSR count). The molecule has 0 atom stereocenters. The molecule has 0 aliphatic heterocycles. The first kappa shape index (κ1) is 12.4. The molecule has 0 saturated carbocycles. The fourth-order valence-corrected chi connectivity index (χ4v) is 1.41. The fourth-order valence-electron chi connectivity index (χ4n) is 1.19. The third-order valence-electron chi connectivity index (χ3n) is 1.83. The monoisotopic (exact) mass is 234 g/mol. The number of hydrogen-bond donors (Lipinski definition) is 2. The van der Waals surface area contributed by atoms with Crippen LogP contribution in [0, 0.1) is 6.92 Å². The lowest BCUT2D eigenvalue weighted by Crippen LogP contribution is -2.32. The van der Waals surface area contributed by atoms with Crippen molar-refractivity contribution in [3.05, 3.63) is 42.0 Å². The predicted octanol–water partition coefficient (Wildman–Crippen LogP) is 2.38. The smallest absolute Gasteiger partial charge is 0.249 e. The van der Waals surface area contributed by atoms with Gasteiger partial charge >= 0.3 is 0 Å². The molecule has 0 heterocycles. The maximum absolute atomic E-state index is 11.2. The summed E-state index contributed by atoms with van der Waals surface area (Å²) in [5.74, 6) is -0.229. The molecule has 0 spiro atoms. The zero-order chi connectivity index (χ0) is 12.0. The van der Waals surface area contributed by atoms with Crippen LogP contribution in [-0.2, 0) is 4.79 Å². The predicted molar refractivity (Wildman–Crippen MR) is 70.4 cm³/mol. The van der Waals surface area contributed by atoms with Crippen molar-refractivity contribution in [2.75, 3.05) is 5.32 Å². The van der Waals surface area contributed by atoms with E-state index in [1.165, 1.54) is 6.08 Å². The Labute approximate surface area is 101 Å². The minimum atomic E-state index is -0.229. The van der Waals surface area contributed by atoms with Crippen LogP contribution >= 0.6 is 12.2 Å². The van der Waals surface area contributed by atoms with Crippen LogP contribution in [0.2, 0.25) is 0 Å². The highest BCUT2D eigenvalue weighted by atomic mass is 32.1. The summed E-state index contributed by atoms with van der Waals surface area (Å²) in [6, 6.07) is 7.76. The number of hydrogen-bond acceptors (Lipinski definition) is 2. The highest BCUT2D eigenvalue weighted by Crippen LogP contribution is 2.08. The van der Waals surface area contributed by atoms with Gasteiger partial charge in [0.1, 0.15) is 0 Å². The van der Waals surface area contributed by atoms with E-state index in [9.17, 15) is 4.79 Å². The van der Waals surface area contributed by atoms with E-state index in [0.29, 0.717) is 5.11 Å². The van der Waals surface area contributed by atoms with Crippen LogP contribution in [0.4, 0.5) is 5.69 Å². The summed E-state index contributed by atoms with van der Waals surface area (Å²) in [7, 11) is 0. The minimum absolute atomic E-state index is 0.229. The number of carbonyl (C=O) groups is 1. The van der Waals surface area contributed by atoms with E-state index in [0.717, 1.165) is 11.3 Å². The highest BCUT2D eigenvalue weighted by Gasteiger charge is 2.00. The van der Waals surface area contributed by atoms with Crippen molar-refractivity contribution in [1.82, 2.24) is 5.32 Å². The number of anilines is 1. The van der Waals surface area contributed by atoms with Crippen molar-refractivity contribution in [2.45, 2.75) is 13.8 Å². The van der Waals surface area contributed by atoms with E-state index < -0.39 is 0 Å². The first-order valence-electron chi connectivity index (χ1n) is 4.93. The highest BCUT2D eigenvalue weighted by molar-refractivity contribution is 7.80. The van der Waals surface area contributed by atoms with Crippen molar-refractivity contribution >= 4 is 28.9 Å². The van der Waals surface area contributed by atoms with Gasteiger partial charge in [0, 0.05) is 5.69 Å². The first-order valence-corrected chi connectivity index (χ1v) is 5.34. The largest absolute Gasteiger partial charge is 0.332 e. The second-order valence-corrected chi connectivity index (χ2v) is 3.72. The van der Waals surface area contributed by atoms with Crippen LogP contribution in [0.5, 0.6) is 0 Å². The molecular weight excluding hydrogens is 220 g/mol. The van der Waals surface area contributed by atoms with Crippen LogP contribution in [-0.4, -0.2) is 11.0 Å². The first-order chi connectivity index (χ1) is 7.61. The normalized spacial score (nSPS) is 10.1. The Balaban J connectivity index is 2.55. The van der Waals surface area contributed by atoms with Gasteiger partial charge in [0.05, 0.1) is 0 Å². The Morgan fingerprint density at radius 2 is 2.19 bits per heavy atom. The van der Waals surface area contributed by atoms with Gasteiger partial charge in [0.2, 0.25) is 5.91 Å². The molecule has 2 N–H and O–H groups in total. The molecule has 0 radical (unpaired) electrons. The number of benzene rings is 1. The van der Waals surface area contributed by atoms with Crippen molar-refractivity contribution in [3.63, 3.8) is 0 Å². The zero-order valence-electron chi connectivity index (χ0n) is 9.28. The van der Waals surface area contributed by atoms with Gasteiger partial charge in [-0.05, 0) is 49.8 Å². The molecule has 16 heavy (non-hydrogen) atoms. The molecule has 1 aromatic carbocycles. The molecule has 0 aromatic heterocycles. The quantitative estimate of drug-likeness (QED) is 0.610. The van der Waals surface area contributed by atoms with Crippen molar-refractivity contribution in [3.8, 4) is 0 Å². The molecule has 1 amide bonds. The van der Waals surface area contributed by atoms with E-state index >= 15 is 0 Å². The van der Waals surface area contributed by atoms with Gasteiger partial charge in [0.25, 0.3) is 0 Å². The second kappa shape index (κ2) is 6.02. The number of carbonyl (C=O) groups excluding carboxylic acids is 1. The fraction of sp³-hybridized carbons (Fsp3) is 0.167. The van der Waals surface area contributed by atoms with E-state index in [2.05, 4.69) is 10.6 Å². The number of nitrogens with one attached hydrogen (secondary N) is 2. The van der Waals surface area contributed by atoms with Gasteiger partial charge in [-0.1, -0.05) is 18.2 Å². The van der Waals surface area contributed by atoms with Gasteiger partial charge < -0.3 is 5.32 Å². The summed E-state index contributed by atoms with van der Waals surface area (Å²) in [5.41, 5.74) is 2.00. The van der Waals surface area contributed by atoms with E-state index in [1.54, 1.807) is 13.0 Å². The standard InChI is InChI=1S/C12H14N2OS/c1-3-5-11(15)14-12(16)13-10-7-4-6-9(2)8-10/h3-8H,1-2H3,(H2,13,14,15,16)/b5-3+. The molecule has 0 aliphatic carbocycles. The maximum Gasteiger partial charge on any atom is 0.249 e. The molecule has 0 aliphatic rings. The Morgan fingerprint density at radius 3 is 2.81 bits per heavy atom. The third kappa shape index (κ3) is 4.23. The molecule has 4 heteroatoms. The van der Waals surface area contributed by atoms with Gasteiger partial charge in [-0.25, -0.2) is 0 Å². The number of amides is 1. The van der Waals surface area contributed by atoms with Gasteiger partial charge in [-0.15, -0.1) is 0 Å². The second-order valence-electron chi connectivity index (χ2n) is 3.31. The number of rotatable bonds is 2. The van der Waals surface area contributed by atoms with Gasteiger partial charge in [-0.2, -0.15) is 0 Å². The Kier molecular flexibility index (Phi) is 4.66. The van der Waals surface area contributed by atoms with E-state index in [4.69, 9.17) is 12.2 Å². The molecule has 3 nitrogen and oxygen atoms in total. The van der Waals surface area contributed by atoms with Crippen molar-refractivity contribution in [1.29, 1.82) is 0 Å². The zero-order valence-corrected chi connectivity index (χ0v) is 10.1. The van der Waals surface area contributed by atoms with Crippen molar-refractivity contribution in [2.24, 2.45) is 0 Å². The lowest BCUT2D eigenvalue weighted by molar-refractivity contribution is -0.115. The Hall–Kier alpha value is -1.68. The Morgan fingerprint density at radius 1 is 1.44 bits per heavy atom. The average molecular weight is 234 g/mol. The molecule has 1 aromatic rings. The topological polar surface area (TPSA) is 41.1 Å². The summed E-state index contributed by atoms with van der Waals surface area (Å²) in [6.45, 7) is 3.77. The molecule has 84 valence electrons.